The summed E-state index contributed by atoms with van der Waals surface area (Å²) in [4.78, 5) is 6.35. The van der Waals surface area contributed by atoms with E-state index in [9.17, 15) is 0 Å². The Morgan fingerprint density at radius 1 is 1.89 bits per heavy atom. The van der Waals surface area contributed by atoms with Crippen LogP contribution in [0.2, 0.25) is 0 Å². The number of nitrogens with zero attached hydrogens (tertiary/aromatic N) is 2. The van der Waals surface area contributed by atoms with Crippen molar-refractivity contribution in [1.82, 2.24) is 4.90 Å². The Morgan fingerprint density at radius 3 is 3.11 bits per heavy atom. The number of aliphatic imine (C=N–C) groups is 1. The average Bonchev–Trinajstić information content (AvgIpc) is 2.18. The minimum atomic E-state index is 0.600. The second-order valence-corrected chi connectivity index (χ2v) is 3.37. The van der Waals surface area contributed by atoms with Gasteiger partial charge in [0.05, 0.1) is 11.8 Å². The van der Waals surface area contributed by atoms with Crippen molar-refractivity contribution in [2.75, 3.05) is 25.3 Å². The molecule has 52 valence electrons. The first-order chi connectivity index (χ1) is 4.34. The predicted octanol–water partition coefficient (Wildman–Crippen LogP) is 1.22. The van der Waals surface area contributed by atoms with Crippen LogP contribution < -0.4 is 0 Å². The van der Waals surface area contributed by atoms with E-state index in [1.165, 1.54) is 0 Å². The predicted molar refractivity (Wildman–Crippen MR) is 43.2 cm³/mol. The molecule has 2 nitrogen and oxygen atoms in total. The number of rotatable bonds is 1. The van der Waals surface area contributed by atoms with Gasteiger partial charge in [0.2, 0.25) is 0 Å². The van der Waals surface area contributed by atoms with Crippen LogP contribution in [0.25, 0.3) is 0 Å². The van der Waals surface area contributed by atoms with E-state index in [0.717, 1.165) is 18.3 Å². The summed E-state index contributed by atoms with van der Waals surface area (Å²) in [6, 6.07) is 0. The van der Waals surface area contributed by atoms with Crippen LogP contribution in [-0.4, -0.2) is 35.4 Å². The first kappa shape index (κ1) is 7.22. The highest BCUT2D eigenvalue weighted by atomic mass is 35.5. The third-order valence-corrected chi connectivity index (χ3v) is 2.33. The number of likely N-dealkylation sites (N-methyl/N-ethyl adjacent to an activating group) is 1. The van der Waals surface area contributed by atoms with Gasteiger partial charge in [-0.25, -0.2) is 0 Å². The lowest BCUT2D eigenvalue weighted by atomic mass is 10.6. The Morgan fingerprint density at radius 2 is 2.67 bits per heavy atom. The van der Waals surface area contributed by atoms with Gasteiger partial charge < -0.3 is 4.90 Å². The van der Waals surface area contributed by atoms with Gasteiger partial charge in [0.25, 0.3) is 0 Å². The number of alkyl halides is 1. The van der Waals surface area contributed by atoms with Crippen molar-refractivity contribution in [3.63, 3.8) is 0 Å². The Kier molecular flexibility index (Phi) is 2.66. The van der Waals surface area contributed by atoms with Crippen molar-refractivity contribution >= 4 is 28.5 Å². The first-order valence-electron chi connectivity index (χ1n) is 2.79. The number of amidine groups is 1. The van der Waals surface area contributed by atoms with Crippen LogP contribution in [0, 0.1) is 0 Å². The summed E-state index contributed by atoms with van der Waals surface area (Å²) in [7, 11) is 2.03. The second-order valence-electron chi connectivity index (χ2n) is 1.84. The molecule has 1 rings (SSSR count). The molecule has 1 heterocycles. The molecule has 0 amide bonds. The second kappa shape index (κ2) is 3.32. The molecule has 1 aliphatic heterocycles. The van der Waals surface area contributed by atoms with Gasteiger partial charge in [-0.3, -0.25) is 4.99 Å². The van der Waals surface area contributed by atoms with Gasteiger partial charge in [0, 0.05) is 13.6 Å². The lowest BCUT2D eigenvalue weighted by molar-refractivity contribution is 0.564. The number of hydrogen-bond acceptors (Lipinski definition) is 3. The SMILES string of the molecule is CN1CCN=C1SCCl. The monoisotopic (exact) mass is 164 g/mol. The van der Waals surface area contributed by atoms with Crippen molar-refractivity contribution in [2.45, 2.75) is 0 Å². The molecule has 0 fully saturated rings. The summed E-state index contributed by atoms with van der Waals surface area (Å²) in [5.41, 5.74) is 0. The van der Waals surface area contributed by atoms with Crippen molar-refractivity contribution < 1.29 is 0 Å². The van der Waals surface area contributed by atoms with Gasteiger partial charge in [-0.1, -0.05) is 11.8 Å². The lowest BCUT2D eigenvalue weighted by Gasteiger charge is -2.10. The van der Waals surface area contributed by atoms with Crippen molar-refractivity contribution in [1.29, 1.82) is 0 Å². The summed E-state index contributed by atoms with van der Waals surface area (Å²) < 4.78 is 0. The largest absolute Gasteiger partial charge is 0.353 e. The van der Waals surface area contributed by atoms with Gasteiger partial charge >= 0.3 is 0 Å². The Balaban J connectivity index is 2.38. The summed E-state index contributed by atoms with van der Waals surface area (Å²) in [6.07, 6.45) is 0. The van der Waals surface area contributed by atoms with E-state index in [0.29, 0.717) is 5.21 Å². The van der Waals surface area contributed by atoms with E-state index >= 15 is 0 Å². The molecule has 0 saturated carbocycles. The van der Waals surface area contributed by atoms with Crippen molar-refractivity contribution in [3.05, 3.63) is 0 Å². The molecule has 0 aromatic heterocycles. The lowest BCUT2D eigenvalue weighted by Crippen LogP contribution is -2.19. The fourth-order valence-corrected chi connectivity index (χ4v) is 1.60. The zero-order valence-corrected chi connectivity index (χ0v) is 6.87. The molecule has 0 aromatic rings. The van der Waals surface area contributed by atoms with E-state index in [1.54, 1.807) is 11.8 Å². The molecule has 1 aliphatic rings. The van der Waals surface area contributed by atoms with Gasteiger partial charge in [-0.05, 0) is 0 Å². The fraction of sp³-hybridized carbons (Fsp3) is 0.800. The quantitative estimate of drug-likeness (QED) is 0.542. The van der Waals surface area contributed by atoms with Crippen LogP contribution >= 0.6 is 23.4 Å². The smallest absolute Gasteiger partial charge is 0.160 e. The van der Waals surface area contributed by atoms with Crippen molar-refractivity contribution in [2.24, 2.45) is 4.99 Å². The zero-order chi connectivity index (χ0) is 6.69. The van der Waals surface area contributed by atoms with Crippen LogP contribution in [0.15, 0.2) is 4.99 Å². The van der Waals surface area contributed by atoms with Crippen LogP contribution in [0.3, 0.4) is 0 Å². The molecule has 0 bridgehead atoms. The van der Waals surface area contributed by atoms with Crippen LogP contribution in [0.4, 0.5) is 0 Å². The number of halogens is 1. The van der Waals surface area contributed by atoms with Crippen LogP contribution in [0.1, 0.15) is 0 Å². The number of thioether (sulfide) groups is 1. The first-order valence-corrected chi connectivity index (χ1v) is 4.31. The maximum atomic E-state index is 5.50. The molecule has 4 heteroatoms. The summed E-state index contributed by atoms with van der Waals surface area (Å²) in [6.45, 7) is 1.97. The molecule has 0 unspecified atom stereocenters. The molecule has 0 atom stereocenters. The van der Waals surface area contributed by atoms with Gasteiger partial charge in [-0.15, -0.1) is 11.6 Å². The molecule has 0 saturated heterocycles. The Bertz CT molecular complexity index is 126. The van der Waals surface area contributed by atoms with E-state index in [4.69, 9.17) is 11.6 Å². The van der Waals surface area contributed by atoms with E-state index in [2.05, 4.69) is 9.89 Å². The molecule has 0 aliphatic carbocycles. The van der Waals surface area contributed by atoms with E-state index in [1.807, 2.05) is 7.05 Å². The molecule has 0 aromatic carbocycles. The maximum absolute atomic E-state index is 5.50. The van der Waals surface area contributed by atoms with E-state index in [-0.39, 0.29) is 0 Å². The van der Waals surface area contributed by atoms with Crippen molar-refractivity contribution in [3.8, 4) is 0 Å². The molecule has 0 N–H and O–H groups in total. The maximum Gasteiger partial charge on any atom is 0.160 e. The van der Waals surface area contributed by atoms with Crippen LogP contribution in [0.5, 0.6) is 0 Å². The zero-order valence-electron chi connectivity index (χ0n) is 5.30. The average molecular weight is 165 g/mol. The minimum absolute atomic E-state index is 0.600. The normalized spacial score (nSPS) is 18.4. The van der Waals surface area contributed by atoms with Gasteiger partial charge in [0.1, 0.15) is 0 Å². The number of hydrogen-bond donors (Lipinski definition) is 0. The molecule has 0 spiro atoms. The highest BCUT2D eigenvalue weighted by molar-refractivity contribution is 8.14. The molecule has 9 heavy (non-hydrogen) atoms. The standard InChI is InChI=1S/C5H9ClN2S/c1-8-3-2-7-5(8)9-4-6/h2-4H2,1H3. The van der Waals surface area contributed by atoms with Crippen LogP contribution in [-0.2, 0) is 0 Å². The highest BCUT2D eigenvalue weighted by Crippen LogP contribution is 2.12. The minimum Gasteiger partial charge on any atom is -0.353 e. The van der Waals surface area contributed by atoms with Gasteiger partial charge in [0.15, 0.2) is 5.17 Å². The third kappa shape index (κ3) is 1.76. The summed E-state index contributed by atoms with van der Waals surface area (Å²) in [5.74, 6) is 0. The molecular formula is C5H9ClN2S. The Labute approximate surface area is 64.3 Å². The molecule has 0 radical (unpaired) electrons. The van der Waals surface area contributed by atoms with E-state index < -0.39 is 0 Å². The highest BCUT2D eigenvalue weighted by Gasteiger charge is 2.10. The molecular weight excluding hydrogens is 156 g/mol. The van der Waals surface area contributed by atoms with Gasteiger partial charge in [-0.2, -0.15) is 0 Å². The fourth-order valence-electron chi connectivity index (χ4n) is 0.717. The third-order valence-electron chi connectivity index (χ3n) is 1.19. The summed E-state index contributed by atoms with van der Waals surface area (Å²) in [5, 5.41) is 1.67. The topological polar surface area (TPSA) is 15.6 Å². The summed E-state index contributed by atoms with van der Waals surface area (Å²) >= 11 is 7.09. The Hall–Kier alpha value is 0.110.